The van der Waals surface area contributed by atoms with Gasteiger partial charge in [0.05, 0.1) is 11.0 Å². The minimum Gasteiger partial charge on any atom is -0.369 e. The fraction of sp³-hybridized carbons (Fsp3) is 0.500. The standard InChI is InChI=1S/C14H18BrN3/c1-13(2)11(14(13,3)4)18-10-6-5-8(15)7-9(10)17-12(18)16/h5-7,11H,1-4H3,(H2,16,17). The molecule has 1 aromatic carbocycles. The van der Waals surface area contributed by atoms with Crippen molar-refractivity contribution in [1.82, 2.24) is 9.55 Å². The van der Waals surface area contributed by atoms with Crippen LogP contribution >= 0.6 is 15.9 Å². The fourth-order valence-corrected chi connectivity index (χ4v) is 3.52. The molecule has 0 amide bonds. The SMILES string of the molecule is CC1(C)C(n2c(N)nc3cc(Br)ccc32)C1(C)C. The van der Waals surface area contributed by atoms with Crippen LogP contribution in [-0.2, 0) is 0 Å². The van der Waals surface area contributed by atoms with Crippen LogP contribution in [0.1, 0.15) is 33.7 Å². The van der Waals surface area contributed by atoms with Crippen LogP contribution in [0, 0.1) is 10.8 Å². The maximum Gasteiger partial charge on any atom is 0.201 e. The van der Waals surface area contributed by atoms with Gasteiger partial charge in [0.25, 0.3) is 0 Å². The van der Waals surface area contributed by atoms with Gasteiger partial charge in [-0.1, -0.05) is 43.6 Å². The number of hydrogen-bond donors (Lipinski definition) is 1. The molecular formula is C14H18BrN3. The maximum atomic E-state index is 6.12. The molecule has 1 aromatic heterocycles. The van der Waals surface area contributed by atoms with Gasteiger partial charge in [0.15, 0.2) is 0 Å². The van der Waals surface area contributed by atoms with Gasteiger partial charge in [0, 0.05) is 10.5 Å². The van der Waals surface area contributed by atoms with E-state index in [2.05, 4.69) is 59.2 Å². The Morgan fingerprint density at radius 1 is 1.22 bits per heavy atom. The summed E-state index contributed by atoms with van der Waals surface area (Å²) in [7, 11) is 0. The molecule has 3 rings (SSSR count). The number of benzene rings is 1. The van der Waals surface area contributed by atoms with E-state index in [9.17, 15) is 0 Å². The average molecular weight is 308 g/mol. The molecule has 1 fully saturated rings. The minimum absolute atomic E-state index is 0.252. The summed E-state index contributed by atoms with van der Waals surface area (Å²) in [5.41, 5.74) is 8.71. The zero-order chi connectivity index (χ0) is 13.3. The van der Waals surface area contributed by atoms with E-state index >= 15 is 0 Å². The van der Waals surface area contributed by atoms with Gasteiger partial charge in [-0.3, -0.25) is 0 Å². The summed E-state index contributed by atoms with van der Waals surface area (Å²) in [6, 6.07) is 6.57. The second kappa shape index (κ2) is 3.29. The van der Waals surface area contributed by atoms with E-state index in [1.54, 1.807) is 0 Å². The third-order valence-electron chi connectivity index (χ3n) is 4.88. The number of halogens is 1. The smallest absolute Gasteiger partial charge is 0.201 e. The Labute approximate surface area is 116 Å². The molecule has 0 saturated heterocycles. The Balaban J connectivity index is 2.23. The molecule has 1 aliphatic carbocycles. The average Bonchev–Trinajstić information content (AvgIpc) is 2.52. The van der Waals surface area contributed by atoms with Gasteiger partial charge < -0.3 is 10.3 Å². The number of hydrogen-bond acceptors (Lipinski definition) is 2. The van der Waals surface area contributed by atoms with E-state index in [0.29, 0.717) is 12.0 Å². The summed E-state index contributed by atoms with van der Waals surface area (Å²) in [5.74, 6) is 0.617. The highest BCUT2D eigenvalue weighted by atomic mass is 79.9. The quantitative estimate of drug-likeness (QED) is 0.865. The second-order valence-corrected chi connectivity index (χ2v) is 7.23. The van der Waals surface area contributed by atoms with Gasteiger partial charge in [0.2, 0.25) is 5.95 Å². The number of fused-ring (bicyclic) bond motifs is 1. The van der Waals surface area contributed by atoms with Gasteiger partial charge in [-0.15, -0.1) is 0 Å². The van der Waals surface area contributed by atoms with Crippen molar-refractivity contribution in [2.24, 2.45) is 10.8 Å². The van der Waals surface area contributed by atoms with E-state index < -0.39 is 0 Å². The Morgan fingerprint density at radius 2 is 1.83 bits per heavy atom. The number of anilines is 1. The highest BCUT2D eigenvalue weighted by Crippen LogP contribution is 2.72. The molecule has 0 radical (unpaired) electrons. The van der Waals surface area contributed by atoms with Crippen molar-refractivity contribution in [3.8, 4) is 0 Å². The Hall–Kier alpha value is -1.03. The molecule has 2 aromatic rings. The van der Waals surface area contributed by atoms with Gasteiger partial charge in [-0.25, -0.2) is 4.98 Å². The van der Waals surface area contributed by atoms with Crippen molar-refractivity contribution < 1.29 is 0 Å². The van der Waals surface area contributed by atoms with E-state index in [1.165, 1.54) is 0 Å². The molecule has 96 valence electrons. The molecule has 0 bridgehead atoms. The third-order valence-corrected chi connectivity index (χ3v) is 5.37. The molecule has 1 heterocycles. The monoisotopic (exact) mass is 307 g/mol. The zero-order valence-corrected chi connectivity index (χ0v) is 12.7. The summed E-state index contributed by atoms with van der Waals surface area (Å²) in [4.78, 5) is 4.48. The number of rotatable bonds is 1. The normalized spacial score (nSPS) is 21.4. The van der Waals surface area contributed by atoms with Gasteiger partial charge in [0.1, 0.15) is 0 Å². The van der Waals surface area contributed by atoms with Crippen LogP contribution in [0.25, 0.3) is 11.0 Å². The first kappa shape index (κ1) is 12.0. The molecule has 1 saturated carbocycles. The first-order valence-corrected chi connectivity index (χ1v) is 6.99. The van der Waals surface area contributed by atoms with E-state index in [4.69, 9.17) is 5.73 Å². The van der Waals surface area contributed by atoms with Crippen molar-refractivity contribution in [3.05, 3.63) is 22.7 Å². The molecule has 0 spiro atoms. The van der Waals surface area contributed by atoms with Gasteiger partial charge >= 0.3 is 0 Å². The van der Waals surface area contributed by atoms with E-state index in [0.717, 1.165) is 15.5 Å². The molecule has 1 aliphatic rings. The topological polar surface area (TPSA) is 43.8 Å². The van der Waals surface area contributed by atoms with Crippen LogP contribution in [0.3, 0.4) is 0 Å². The summed E-state index contributed by atoms with van der Waals surface area (Å²) in [6.07, 6.45) is 0. The molecule has 0 aliphatic heterocycles. The molecule has 4 heteroatoms. The highest BCUT2D eigenvalue weighted by Gasteiger charge is 2.66. The molecule has 3 nitrogen and oxygen atoms in total. The highest BCUT2D eigenvalue weighted by molar-refractivity contribution is 9.10. The van der Waals surface area contributed by atoms with Crippen molar-refractivity contribution in [2.75, 3.05) is 5.73 Å². The number of nitrogens with zero attached hydrogens (tertiary/aromatic N) is 2. The van der Waals surface area contributed by atoms with Crippen molar-refractivity contribution in [1.29, 1.82) is 0 Å². The van der Waals surface area contributed by atoms with Crippen LogP contribution in [0.2, 0.25) is 0 Å². The first-order valence-electron chi connectivity index (χ1n) is 6.20. The molecule has 2 N–H and O–H groups in total. The number of nitrogen functional groups attached to an aromatic ring is 1. The van der Waals surface area contributed by atoms with Crippen LogP contribution < -0.4 is 5.73 Å². The van der Waals surface area contributed by atoms with E-state index in [-0.39, 0.29) is 10.8 Å². The lowest BCUT2D eigenvalue weighted by Gasteiger charge is -2.08. The van der Waals surface area contributed by atoms with Gasteiger partial charge in [-0.2, -0.15) is 0 Å². The predicted molar refractivity (Wildman–Crippen MR) is 78.4 cm³/mol. The van der Waals surface area contributed by atoms with Crippen LogP contribution in [0.4, 0.5) is 5.95 Å². The zero-order valence-electron chi connectivity index (χ0n) is 11.2. The minimum atomic E-state index is 0.252. The van der Waals surface area contributed by atoms with E-state index in [1.807, 2.05) is 12.1 Å². The summed E-state index contributed by atoms with van der Waals surface area (Å²) in [5, 5.41) is 0. The van der Waals surface area contributed by atoms with Crippen LogP contribution in [0.5, 0.6) is 0 Å². The molecular weight excluding hydrogens is 290 g/mol. The number of nitrogens with two attached hydrogens (primary N) is 1. The molecule has 18 heavy (non-hydrogen) atoms. The summed E-state index contributed by atoms with van der Waals surface area (Å²) < 4.78 is 3.23. The Bertz CT molecular complexity index is 626. The number of aromatic nitrogens is 2. The van der Waals surface area contributed by atoms with Crippen molar-refractivity contribution in [2.45, 2.75) is 33.7 Å². The first-order chi connectivity index (χ1) is 8.26. The maximum absolute atomic E-state index is 6.12. The van der Waals surface area contributed by atoms with Crippen molar-refractivity contribution >= 4 is 32.9 Å². The largest absolute Gasteiger partial charge is 0.369 e. The Morgan fingerprint density at radius 3 is 2.39 bits per heavy atom. The number of imidazole rings is 1. The summed E-state index contributed by atoms with van der Waals surface area (Å²) in [6.45, 7) is 9.17. The summed E-state index contributed by atoms with van der Waals surface area (Å²) >= 11 is 3.47. The van der Waals surface area contributed by atoms with Crippen molar-refractivity contribution in [3.63, 3.8) is 0 Å². The predicted octanol–water partition coefficient (Wildman–Crippen LogP) is 3.99. The fourth-order valence-electron chi connectivity index (χ4n) is 3.17. The lowest BCUT2D eigenvalue weighted by atomic mass is 10.0. The molecule has 0 unspecified atom stereocenters. The van der Waals surface area contributed by atoms with Crippen LogP contribution in [-0.4, -0.2) is 9.55 Å². The molecule has 0 atom stereocenters. The lowest BCUT2D eigenvalue weighted by molar-refractivity contribution is 0.457. The second-order valence-electron chi connectivity index (χ2n) is 6.32. The third kappa shape index (κ3) is 1.32. The Kier molecular flexibility index (Phi) is 2.20. The lowest BCUT2D eigenvalue weighted by Crippen LogP contribution is -2.05. The van der Waals surface area contributed by atoms with Crippen LogP contribution in [0.15, 0.2) is 22.7 Å². The van der Waals surface area contributed by atoms with Gasteiger partial charge in [-0.05, 0) is 29.0 Å².